The summed E-state index contributed by atoms with van der Waals surface area (Å²) in [4.78, 5) is 13.1. The standard InChI is InChI=1S/C21H24FN5OS/c1-14(2)18-13-29-20(27-18)12-26-21(23-3)25-11-15-8-9-24-19(10-15)28-17-6-4-16(22)5-7-17/h4-10,13-14H,11-12H2,1-3H3,(H2,23,25,26). The van der Waals surface area contributed by atoms with E-state index in [0.29, 0.717) is 36.6 Å². The third kappa shape index (κ3) is 6.25. The van der Waals surface area contributed by atoms with Gasteiger partial charge in [0.25, 0.3) is 0 Å². The van der Waals surface area contributed by atoms with Gasteiger partial charge in [-0.2, -0.15) is 0 Å². The van der Waals surface area contributed by atoms with Crippen molar-refractivity contribution in [1.82, 2.24) is 20.6 Å². The molecule has 8 heteroatoms. The summed E-state index contributed by atoms with van der Waals surface area (Å²) < 4.78 is 18.7. The molecule has 0 saturated heterocycles. The highest BCUT2D eigenvalue weighted by Gasteiger charge is 2.07. The second-order valence-electron chi connectivity index (χ2n) is 6.66. The van der Waals surface area contributed by atoms with Crippen molar-refractivity contribution in [2.24, 2.45) is 4.99 Å². The molecule has 0 radical (unpaired) electrons. The lowest BCUT2D eigenvalue weighted by atomic mass is 10.2. The monoisotopic (exact) mass is 413 g/mol. The van der Waals surface area contributed by atoms with Gasteiger partial charge in [-0.15, -0.1) is 11.3 Å². The predicted molar refractivity (Wildman–Crippen MR) is 114 cm³/mol. The summed E-state index contributed by atoms with van der Waals surface area (Å²) in [5.41, 5.74) is 2.09. The number of nitrogens with one attached hydrogen (secondary N) is 2. The largest absolute Gasteiger partial charge is 0.439 e. The predicted octanol–water partition coefficient (Wildman–Crippen LogP) is 4.46. The highest BCUT2D eigenvalue weighted by Crippen LogP contribution is 2.20. The average Bonchev–Trinajstić information content (AvgIpc) is 3.20. The van der Waals surface area contributed by atoms with E-state index in [9.17, 15) is 4.39 Å². The first-order valence-electron chi connectivity index (χ1n) is 9.30. The van der Waals surface area contributed by atoms with Gasteiger partial charge in [0.1, 0.15) is 16.6 Å². The van der Waals surface area contributed by atoms with Crippen molar-refractivity contribution in [3.63, 3.8) is 0 Å². The number of rotatable bonds is 7. The van der Waals surface area contributed by atoms with Crippen LogP contribution in [0.2, 0.25) is 0 Å². The van der Waals surface area contributed by atoms with E-state index in [1.54, 1.807) is 36.7 Å². The Morgan fingerprint density at radius 2 is 1.93 bits per heavy atom. The van der Waals surface area contributed by atoms with Gasteiger partial charge in [0.05, 0.1) is 12.2 Å². The van der Waals surface area contributed by atoms with Crippen molar-refractivity contribution >= 4 is 17.3 Å². The highest BCUT2D eigenvalue weighted by atomic mass is 32.1. The van der Waals surface area contributed by atoms with E-state index < -0.39 is 0 Å². The molecule has 0 bridgehead atoms. The minimum Gasteiger partial charge on any atom is -0.439 e. The molecule has 2 heterocycles. The van der Waals surface area contributed by atoms with E-state index >= 15 is 0 Å². The molecular formula is C21H24FN5OS. The first kappa shape index (κ1) is 20.7. The van der Waals surface area contributed by atoms with Gasteiger partial charge in [0.2, 0.25) is 5.88 Å². The van der Waals surface area contributed by atoms with Crippen molar-refractivity contribution in [3.05, 3.63) is 70.1 Å². The maximum atomic E-state index is 13.0. The number of nitrogens with zero attached hydrogens (tertiary/aromatic N) is 3. The van der Waals surface area contributed by atoms with Gasteiger partial charge >= 0.3 is 0 Å². The first-order valence-corrected chi connectivity index (χ1v) is 10.2. The van der Waals surface area contributed by atoms with Gasteiger partial charge in [-0.1, -0.05) is 13.8 Å². The number of hydrogen-bond donors (Lipinski definition) is 2. The number of pyridine rings is 1. The zero-order valence-electron chi connectivity index (χ0n) is 16.6. The van der Waals surface area contributed by atoms with Crippen LogP contribution >= 0.6 is 11.3 Å². The van der Waals surface area contributed by atoms with E-state index in [1.165, 1.54) is 12.1 Å². The molecule has 0 aliphatic rings. The fraction of sp³-hybridized carbons (Fsp3) is 0.286. The zero-order valence-corrected chi connectivity index (χ0v) is 17.5. The molecule has 0 fully saturated rings. The Bertz CT molecular complexity index is 956. The van der Waals surface area contributed by atoms with Gasteiger partial charge in [-0.05, 0) is 41.8 Å². The summed E-state index contributed by atoms with van der Waals surface area (Å²) in [6.45, 7) is 5.44. The highest BCUT2D eigenvalue weighted by molar-refractivity contribution is 7.09. The van der Waals surface area contributed by atoms with Gasteiger partial charge in [0.15, 0.2) is 5.96 Å². The second-order valence-corrected chi connectivity index (χ2v) is 7.60. The maximum absolute atomic E-state index is 13.0. The number of aliphatic imine (C=N–C) groups is 1. The van der Waals surface area contributed by atoms with E-state index in [2.05, 4.69) is 44.8 Å². The van der Waals surface area contributed by atoms with E-state index in [1.807, 2.05) is 12.1 Å². The molecule has 2 N–H and O–H groups in total. The van der Waals surface area contributed by atoms with E-state index in [-0.39, 0.29) is 5.82 Å². The topological polar surface area (TPSA) is 71.4 Å². The maximum Gasteiger partial charge on any atom is 0.219 e. The number of guanidine groups is 1. The molecule has 152 valence electrons. The molecule has 0 spiro atoms. The minimum absolute atomic E-state index is 0.305. The first-order chi connectivity index (χ1) is 14.0. The molecule has 1 aromatic carbocycles. The van der Waals surface area contributed by atoms with Crippen molar-refractivity contribution in [1.29, 1.82) is 0 Å². The van der Waals surface area contributed by atoms with Crippen LogP contribution in [0.4, 0.5) is 4.39 Å². The Labute approximate surface area is 173 Å². The second kappa shape index (κ2) is 9.97. The van der Waals surface area contributed by atoms with Gasteiger partial charge in [-0.25, -0.2) is 14.4 Å². The molecule has 0 aliphatic heterocycles. The lowest BCUT2D eigenvalue weighted by molar-refractivity contribution is 0.460. The Morgan fingerprint density at radius 3 is 2.62 bits per heavy atom. The summed E-state index contributed by atoms with van der Waals surface area (Å²) in [7, 11) is 1.73. The van der Waals surface area contributed by atoms with Gasteiger partial charge < -0.3 is 15.4 Å². The van der Waals surface area contributed by atoms with E-state index in [0.717, 1.165) is 16.3 Å². The molecule has 0 unspecified atom stereocenters. The molecule has 3 aromatic rings. The van der Waals surface area contributed by atoms with Crippen LogP contribution < -0.4 is 15.4 Å². The van der Waals surface area contributed by atoms with Crippen LogP contribution in [0, 0.1) is 5.82 Å². The summed E-state index contributed by atoms with van der Waals surface area (Å²) in [5.74, 6) is 1.79. The van der Waals surface area contributed by atoms with Crippen LogP contribution in [-0.2, 0) is 13.1 Å². The average molecular weight is 414 g/mol. The smallest absolute Gasteiger partial charge is 0.219 e. The minimum atomic E-state index is -0.305. The molecule has 0 amide bonds. The Kier molecular flexibility index (Phi) is 7.13. The molecule has 29 heavy (non-hydrogen) atoms. The molecule has 3 rings (SSSR count). The molecule has 0 atom stereocenters. The Morgan fingerprint density at radius 1 is 1.17 bits per heavy atom. The lowest BCUT2D eigenvalue weighted by Crippen LogP contribution is -2.36. The molecule has 0 saturated carbocycles. The fourth-order valence-corrected chi connectivity index (χ4v) is 3.37. The molecule has 2 aromatic heterocycles. The lowest BCUT2D eigenvalue weighted by Gasteiger charge is -2.12. The summed E-state index contributed by atoms with van der Waals surface area (Å²) >= 11 is 1.64. The van der Waals surface area contributed by atoms with Crippen molar-refractivity contribution in [3.8, 4) is 11.6 Å². The van der Waals surface area contributed by atoms with Gasteiger partial charge in [0, 0.05) is 31.2 Å². The molecule has 6 nitrogen and oxygen atoms in total. The van der Waals surface area contributed by atoms with Crippen LogP contribution in [0.25, 0.3) is 0 Å². The van der Waals surface area contributed by atoms with E-state index in [4.69, 9.17) is 4.74 Å². The van der Waals surface area contributed by atoms with Crippen LogP contribution in [-0.4, -0.2) is 23.0 Å². The summed E-state index contributed by atoms with van der Waals surface area (Å²) in [6.07, 6.45) is 1.68. The third-order valence-electron chi connectivity index (χ3n) is 4.09. The Hall–Kier alpha value is -3.00. The Balaban J connectivity index is 1.53. The number of ether oxygens (including phenoxy) is 1. The number of hydrogen-bond acceptors (Lipinski definition) is 5. The fourth-order valence-electron chi connectivity index (χ4n) is 2.48. The van der Waals surface area contributed by atoms with Crippen LogP contribution in [0.15, 0.2) is 53.0 Å². The quantitative estimate of drug-likeness (QED) is 0.442. The number of aromatic nitrogens is 2. The molecule has 0 aliphatic carbocycles. The summed E-state index contributed by atoms with van der Waals surface area (Å²) in [5, 5.41) is 9.66. The normalized spacial score (nSPS) is 11.6. The number of benzene rings is 1. The zero-order chi connectivity index (χ0) is 20.6. The van der Waals surface area contributed by atoms with Crippen LogP contribution in [0.1, 0.15) is 36.0 Å². The van der Waals surface area contributed by atoms with Crippen LogP contribution in [0.5, 0.6) is 11.6 Å². The summed E-state index contributed by atoms with van der Waals surface area (Å²) in [6, 6.07) is 9.56. The van der Waals surface area contributed by atoms with Crippen molar-refractivity contribution in [2.45, 2.75) is 32.9 Å². The van der Waals surface area contributed by atoms with Crippen molar-refractivity contribution < 1.29 is 9.13 Å². The number of halogens is 1. The SMILES string of the molecule is CN=C(NCc1ccnc(Oc2ccc(F)cc2)c1)NCc1nc(C(C)C)cs1. The van der Waals surface area contributed by atoms with Gasteiger partial charge in [-0.3, -0.25) is 4.99 Å². The van der Waals surface area contributed by atoms with Crippen molar-refractivity contribution in [2.75, 3.05) is 7.05 Å². The third-order valence-corrected chi connectivity index (χ3v) is 4.95. The van der Waals surface area contributed by atoms with Crippen LogP contribution in [0.3, 0.4) is 0 Å². The molecular weight excluding hydrogens is 389 g/mol. The number of thiazole rings is 1.